The lowest BCUT2D eigenvalue weighted by Crippen LogP contribution is -2.42. The van der Waals surface area contributed by atoms with Gasteiger partial charge in [-0.15, -0.1) is 0 Å². The van der Waals surface area contributed by atoms with E-state index >= 15 is 0 Å². The van der Waals surface area contributed by atoms with Crippen LogP contribution in [0, 0.1) is 11.6 Å². The minimum atomic E-state index is -0.413. The van der Waals surface area contributed by atoms with E-state index < -0.39 is 5.82 Å². The Morgan fingerprint density at radius 3 is 2.56 bits per heavy atom. The summed E-state index contributed by atoms with van der Waals surface area (Å²) in [5, 5.41) is 8.98. The third-order valence-corrected chi connectivity index (χ3v) is 3.48. The Kier molecular flexibility index (Phi) is 5.23. The van der Waals surface area contributed by atoms with Gasteiger partial charge < -0.3 is 10.0 Å². The zero-order valence-corrected chi connectivity index (χ0v) is 11.2. The van der Waals surface area contributed by atoms with Crippen molar-refractivity contribution in [3.05, 3.63) is 35.4 Å². The van der Waals surface area contributed by atoms with Gasteiger partial charge in [-0.1, -0.05) is 0 Å². The maximum Gasteiger partial charge on any atom is 0.126 e. The van der Waals surface area contributed by atoms with E-state index in [0.29, 0.717) is 24.9 Å². The van der Waals surface area contributed by atoms with Crippen LogP contribution in [0.25, 0.3) is 0 Å². The van der Waals surface area contributed by atoms with Gasteiger partial charge in [0.2, 0.25) is 0 Å². The molecule has 102 valence electrons. The zero-order valence-electron chi connectivity index (χ0n) is 11.2. The molecule has 0 atom stereocenters. The minimum Gasteiger partial charge on any atom is -0.396 e. The highest BCUT2D eigenvalue weighted by Gasteiger charge is 2.22. The van der Waals surface area contributed by atoms with Gasteiger partial charge in [-0.05, 0) is 57.5 Å². The van der Waals surface area contributed by atoms with E-state index in [1.807, 2.05) is 25.8 Å². The van der Waals surface area contributed by atoms with Crippen LogP contribution < -0.4 is 0 Å². The highest BCUT2D eigenvalue weighted by atomic mass is 19.1. The van der Waals surface area contributed by atoms with Gasteiger partial charge in [0.25, 0.3) is 0 Å². The molecule has 0 spiro atoms. The summed E-state index contributed by atoms with van der Waals surface area (Å²) in [6.45, 7) is 4.77. The average molecular weight is 257 g/mol. The molecule has 0 aromatic heterocycles. The van der Waals surface area contributed by atoms with Crippen molar-refractivity contribution < 1.29 is 13.9 Å². The molecule has 0 aliphatic rings. The first-order chi connectivity index (χ1) is 8.36. The van der Waals surface area contributed by atoms with Crippen molar-refractivity contribution in [1.82, 2.24) is 4.90 Å². The van der Waals surface area contributed by atoms with Crippen LogP contribution in [0.2, 0.25) is 0 Å². The smallest absolute Gasteiger partial charge is 0.126 e. The predicted molar refractivity (Wildman–Crippen MR) is 68.5 cm³/mol. The van der Waals surface area contributed by atoms with Crippen LogP contribution in [0.3, 0.4) is 0 Å². The molecule has 1 rings (SSSR count). The predicted octanol–water partition coefficient (Wildman–Crippen LogP) is 2.60. The number of halogens is 2. The summed E-state index contributed by atoms with van der Waals surface area (Å²) in [7, 11) is 1.92. The van der Waals surface area contributed by atoms with Gasteiger partial charge in [0.15, 0.2) is 0 Å². The first-order valence-corrected chi connectivity index (χ1v) is 6.13. The largest absolute Gasteiger partial charge is 0.396 e. The quantitative estimate of drug-likeness (QED) is 0.846. The Morgan fingerprint density at radius 2 is 1.94 bits per heavy atom. The van der Waals surface area contributed by atoms with Gasteiger partial charge in [-0.3, -0.25) is 0 Å². The van der Waals surface area contributed by atoms with Crippen LogP contribution in [0.4, 0.5) is 8.78 Å². The lowest BCUT2D eigenvalue weighted by Gasteiger charge is -2.35. The second-order valence-electron chi connectivity index (χ2n) is 5.19. The third-order valence-electron chi connectivity index (χ3n) is 3.48. The maximum atomic E-state index is 13.4. The molecule has 2 nitrogen and oxygen atoms in total. The Balaban J connectivity index is 2.62. The number of aliphatic hydroxyl groups is 1. The second kappa shape index (κ2) is 6.25. The fourth-order valence-corrected chi connectivity index (χ4v) is 1.79. The van der Waals surface area contributed by atoms with Crippen molar-refractivity contribution in [2.75, 3.05) is 20.2 Å². The molecule has 1 N–H and O–H groups in total. The molecule has 0 saturated carbocycles. The molecule has 0 fully saturated rings. The molecule has 0 saturated heterocycles. The fourth-order valence-electron chi connectivity index (χ4n) is 1.79. The molecule has 0 radical (unpaired) electrons. The van der Waals surface area contributed by atoms with Crippen molar-refractivity contribution in [1.29, 1.82) is 0 Å². The van der Waals surface area contributed by atoms with Crippen LogP contribution in [0.5, 0.6) is 0 Å². The number of hydrogen-bond acceptors (Lipinski definition) is 2. The van der Waals surface area contributed by atoms with E-state index in [1.54, 1.807) is 0 Å². The van der Waals surface area contributed by atoms with Crippen LogP contribution in [-0.4, -0.2) is 35.7 Å². The number of nitrogens with zero attached hydrogens (tertiary/aromatic N) is 1. The van der Waals surface area contributed by atoms with Gasteiger partial charge in [-0.2, -0.15) is 0 Å². The van der Waals surface area contributed by atoms with Crippen LogP contribution in [0.15, 0.2) is 18.2 Å². The molecule has 4 heteroatoms. The standard InChI is InChI=1S/C14H21F2NO/c1-14(2,7-9-18)17(3)8-6-11-10-12(15)4-5-13(11)16/h4-5,10,18H,6-9H2,1-3H3. The maximum absolute atomic E-state index is 13.4. The summed E-state index contributed by atoms with van der Waals surface area (Å²) >= 11 is 0. The van der Waals surface area contributed by atoms with Crippen molar-refractivity contribution >= 4 is 0 Å². The molecule has 0 amide bonds. The van der Waals surface area contributed by atoms with Crippen molar-refractivity contribution in [3.8, 4) is 0 Å². The molecule has 0 aliphatic carbocycles. The molecule has 0 heterocycles. The number of likely N-dealkylation sites (N-methyl/N-ethyl adjacent to an activating group) is 1. The normalized spacial score (nSPS) is 12.2. The lowest BCUT2D eigenvalue weighted by atomic mass is 9.98. The van der Waals surface area contributed by atoms with E-state index in [1.165, 1.54) is 6.07 Å². The minimum absolute atomic E-state index is 0.117. The summed E-state index contributed by atoms with van der Waals surface area (Å²) in [4.78, 5) is 2.05. The zero-order chi connectivity index (χ0) is 13.8. The first kappa shape index (κ1) is 15.1. The highest BCUT2D eigenvalue weighted by Crippen LogP contribution is 2.18. The van der Waals surface area contributed by atoms with E-state index in [0.717, 1.165) is 12.1 Å². The third kappa shape index (κ3) is 4.03. The van der Waals surface area contributed by atoms with Gasteiger partial charge in [0.1, 0.15) is 11.6 Å². The Bertz CT molecular complexity index is 393. The van der Waals surface area contributed by atoms with Crippen LogP contribution >= 0.6 is 0 Å². The summed E-state index contributed by atoms with van der Waals surface area (Å²) in [5.41, 5.74) is 0.236. The molecular formula is C14H21F2NO. The first-order valence-electron chi connectivity index (χ1n) is 6.13. The van der Waals surface area contributed by atoms with Gasteiger partial charge in [0.05, 0.1) is 0 Å². The van der Waals surface area contributed by atoms with Crippen molar-refractivity contribution in [2.24, 2.45) is 0 Å². The number of benzene rings is 1. The van der Waals surface area contributed by atoms with E-state index in [-0.39, 0.29) is 18.0 Å². The fraction of sp³-hybridized carbons (Fsp3) is 0.571. The average Bonchev–Trinajstić information content (AvgIpc) is 2.29. The number of aliphatic hydroxyl groups excluding tert-OH is 1. The molecule has 0 unspecified atom stereocenters. The van der Waals surface area contributed by atoms with Gasteiger partial charge in [-0.25, -0.2) is 8.78 Å². The monoisotopic (exact) mass is 257 g/mol. The Hall–Kier alpha value is -1.00. The van der Waals surface area contributed by atoms with E-state index in [9.17, 15) is 8.78 Å². The van der Waals surface area contributed by atoms with Gasteiger partial charge in [0, 0.05) is 18.7 Å². The molecular weight excluding hydrogens is 236 g/mol. The van der Waals surface area contributed by atoms with Gasteiger partial charge >= 0.3 is 0 Å². The van der Waals surface area contributed by atoms with E-state index in [2.05, 4.69) is 0 Å². The molecule has 18 heavy (non-hydrogen) atoms. The summed E-state index contributed by atoms with van der Waals surface area (Å²) in [6, 6.07) is 3.52. The lowest BCUT2D eigenvalue weighted by molar-refractivity contribution is 0.117. The van der Waals surface area contributed by atoms with Crippen LogP contribution in [-0.2, 0) is 6.42 Å². The molecule has 0 bridgehead atoms. The van der Waals surface area contributed by atoms with Crippen molar-refractivity contribution in [3.63, 3.8) is 0 Å². The molecule has 1 aromatic rings. The van der Waals surface area contributed by atoms with Crippen molar-refractivity contribution in [2.45, 2.75) is 32.2 Å². The topological polar surface area (TPSA) is 23.5 Å². The van der Waals surface area contributed by atoms with E-state index in [4.69, 9.17) is 5.11 Å². The summed E-state index contributed by atoms with van der Waals surface area (Å²) in [6.07, 6.45) is 1.10. The number of rotatable bonds is 6. The summed E-state index contributed by atoms with van der Waals surface area (Å²) in [5.74, 6) is -0.784. The molecule has 0 aliphatic heterocycles. The Morgan fingerprint density at radius 1 is 1.28 bits per heavy atom. The number of hydrogen-bond donors (Lipinski definition) is 1. The SMILES string of the molecule is CN(CCc1cc(F)ccc1F)C(C)(C)CCO. The summed E-state index contributed by atoms with van der Waals surface area (Å²) < 4.78 is 26.5. The van der Waals surface area contributed by atoms with Crippen LogP contribution in [0.1, 0.15) is 25.8 Å². The molecule has 1 aromatic carbocycles. The highest BCUT2D eigenvalue weighted by molar-refractivity contribution is 5.19. The Labute approximate surface area is 107 Å². The second-order valence-corrected chi connectivity index (χ2v) is 5.19.